The van der Waals surface area contributed by atoms with Gasteiger partial charge in [0.15, 0.2) is 0 Å². The first kappa shape index (κ1) is 12.2. The van der Waals surface area contributed by atoms with Crippen molar-refractivity contribution in [3.8, 4) is 0 Å². The van der Waals surface area contributed by atoms with Crippen LogP contribution in [0.2, 0.25) is 5.02 Å². The van der Waals surface area contributed by atoms with Gasteiger partial charge in [-0.1, -0.05) is 18.0 Å². The zero-order chi connectivity index (χ0) is 12.4. The summed E-state index contributed by atoms with van der Waals surface area (Å²) >= 11 is 5.85. The van der Waals surface area contributed by atoms with Crippen molar-refractivity contribution in [2.75, 3.05) is 18.0 Å². The molecule has 98 valence electrons. The number of aromatic nitrogens is 2. The third-order valence-corrected chi connectivity index (χ3v) is 3.88. The highest BCUT2D eigenvalue weighted by Gasteiger charge is 2.32. The van der Waals surface area contributed by atoms with Crippen molar-refractivity contribution < 1.29 is 0 Å². The molecule has 3 rings (SSSR count). The topological polar surface area (TPSA) is 41.1 Å². The minimum Gasteiger partial charge on any atom is -0.336 e. The van der Waals surface area contributed by atoms with E-state index in [1.54, 1.807) is 12.4 Å². The van der Waals surface area contributed by atoms with Gasteiger partial charge < -0.3 is 10.2 Å². The van der Waals surface area contributed by atoms with Gasteiger partial charge in [-0.2, -0.15) is 0 Å². The van der Waals surface area contributed by atoms with E-state index < -0.39 is 0 Å². The molecular weight excluding hydrogens is 248 g/mol. The lowest BCUT2D eigenvalue weighted by molar-refractivity contribution is 0.397. The Morgan fingerprint density at radius 2 is 2.00 bits per heavy atom. The van der Waals surface area contributed by atoms with E-state index in [0.29, 0.717) is 17.1 Å². The van der Waals surface area contributed by atoms with Gasteiger partial charge in [-0.3, -0.25) is 0 Å². The van der Waals surface area contributed by atoms with Gasteiger partial charge in [0.25, 0.3) is 0 Å². The molecule has 0 amide bonds. The van der Waals surface area contributed by atoms with Crippen LogP contribution < -0.4 is 10.2 Å². The van der Waals surface area contributed by atoms with Crippen molar-refractivity contribution in [3.05, 3.63) is 17.4 Å². The summed E-state index contributed by atoms with van der Waals surface area (Å²) in [6, 6.07) is 1.22. The molecule has 0 aromatic carbocycles. The fourth-order valence-electron chi connectivity index (χ4n) is 2.55. The summed E-state index contributed by atoms with van der Waals surface area (Å²) in [5.74, 6) is 0.828. The van der Waals surface area contributed by atoms with Crippen LogP contribution in [0.4, 0.5) is 5.95 Å². The second-order valence-electron chi connectivity index (χ2n) is 5.23. The summed E-state index contributed by atoms with van der Waals surface area (Å²) in [7, 11) is 0. The van der Waals surface area contributed by atoms with Gasteiger partial charge >= 0.3 is 0 Å². The van der Waals surface area contributed by atoms with Crippen molar-refractivity contribution in [1.82, 2.24) is 15.3 Å². The van der Waals surface area contributed by atoms with Gasteiger partial charge in [0.1, 0.15) is 0 Å². The predicted octanol–water partition coefficient (Wildman–Crippen LogP) is 2.24. The minimum absolute atomic E-state index is 0.582. The number of anilines is 1. The molecule has 1 aliphatic carbocycles. The number of rotatable bonds is 4. The number of hydrogen-bond donors (Lipinski definition) is 1. The Balaban J connectivity index is 1.69. The Kier molecular flexibility index (Phi) is 3.66. The van der Waals surface area contributed by atoms with Crippen LogP contribution in [0.25, 0.3) is 0 Å². The van der Waals surface area contributed by atoms with E-state index >= 15 is 0 Å². The lowest BCUT2D eigenvalue weighted by atomic mass is 10.0. The van der Waals surface area contributed by atoms with E-state index in [0.717, 1.165) is 19.0 Å². The molecule has 2 heterocycles. The second-order valence-corrected chi connectivity index (χ2v) is 5.67. The standard InChI is InChI=1S/C13H19ClN4/c14-10-7-16-13(17-8-10)18(12-4-5-12)9-11-3-1-2-6-15-11/h7-8,11-12,15H,1-6,9H2. The first-order valence-electron chi connectivity index (χ1n) is 6.80. The van der Waals surface area contributed by atoms with Crippen LogP contribution in [-0.2, 0) is 0 Å². The Hall–Kier alpha value is -0.870. The average Bonchev–Trinajstić information content (AvgIpc) is 3.23. The summed E-state index contributed by atoms with van der Waals surface area (Å²) in [5.41, 5.74) is 0. The van der Waals surface area contributed by atoms with Crippen molar-refractivity contribution in [3.63, 3.8) is 0 Å². The highest BCUT2D eigenvalue weighted by atomic mass is 35.5. The maximum Gasteiger partial charge on any atom is 0.225 e. The van der Waals surface area contributed by atoms with Gasteiger partial charge in [-0.25, -0.2) is 9.97 Å². The summed E-state index contributed by atoms with van der Waals surface area (Å²) in [6.45, 7) is 2.16. The Morgan fingerprint density at radius 3 is 2.61 bits per heavy atom. The molecule has 1 N–H and O–H groups in total. The zero-order valence-electron chi connectivity index (χ0n) is 10.5. The van der Waals surface area contributed by atoms with E-state index in [9.17, 15) is 0 Å². The molecule has 1 unspecified atom stereocenters. The Morgan fingerprint density at radius 1 is 1.22 bits per heavy atom. The Labute approximate surface area is 113 Å². The summed E-state index contributed by atoms with van der Waals surface area (Å²) in [5, 5.41) is 4.19. The minimum atomic E-state index is 0.582. The lowest BCUT2D eigenvalue weighted by Crippen LogP contribution is -2.45. The predicted molar refractivity (Wildman–Crippen MR) is 73.1 cm³/mol. The van der Waals surface area contributed by atoms with Gasteiger partial charge in [-0.05, 0) is 32.2 Å². The molecule has 0 bridgehead atoms. The first-order valence-corrected chi connectivity index (χ1v) is 7.18. The van der Waals surface area contributed by atoms with E-state index in [-0.39, 0.29) is 0 Å². The molecule has 1 aromatic heterocycles. The number of hydrogen-bond acceptors (Lipinski definition) is 4. The molecular formula is C13H19ClN4. The number of nitrogens with one attached hydrogen (secondary N) is 1. The van der Waals surface area contributed by atoms with Crippen LogP contribution in [0, 0.1) is 0 Å². The van der Waals surface area contributed by atoms with Crippen LogP contribution in [0.5, 0.6) is 0 Å². The molecule has 0 radical (unpaired) electrons. The van der Waals surface area contributed by atoms with Gasteiger partial charge in [-0.15, -0.1) is 0 Å². The highest BCUT2D eigenvalue weighted by molar-refractivity contribution is 6.30. The normalized spacial score (nSPS) is 23.9. The molecule has 1 aliphatic heterocycles. The smallest absolute Gasteiger partial charge is 0.225 e. The molecule has 1 saturated heterocycles. The van der Waals surface area contributed by atoms with Crippen LogP contribution in [0.1, 0.15) is 32.1 Å². The maximum atomic E-state index is 5.85. The number of halogens is 1. The van der Waals surface area contributed by atoms with Crippen LogP contribution in [0.15, 0.2) is 12.4 Å². The number of piperidine rings is 1. The van der Waals surface area contributed by atoms with E-state index in [4.69, 9.17) is 11.6 Å². The molecule has 18 heavy (non-hydrogen) atoms. The van der Waals surface area contributed by atoms with Crippen LogP contribution in [-0.4, -0.2) is 35.1 Å². The monoisotopic (exact) mass is 266 g/mol. The molecule has 1 saturated carbocycles. The highest BCUT2D eigenvalue weighted by Crippen LogP contribution is 2.30. The summed E-state index contributed by atoms with van der Waals surface area (Å²) in [4.78, 5) is 11.1. The van der Waals surface area contributed by atoms with Gasteiger partial charge in [0.2, 0.25) is 5.95 Å². The van der Waals surface area contributed by atoms with E-state index in [1.807, 2.05) is 0 Å². The fourth-order valence-corrected chi connectivity index (χ4v) is 2.65. The zero-order valence-corrected chi connectivity index (χ0v) is 11.2. The first-order chi connectivity index (χ1) is 8.83. The van der Waals surface area contributed by atoms with E-state index in [2.05, 4.69) is 20.2 Å². The van der Waals surface area contributed by atoms with Crippen LogP contribution >= 0.6 is 11.6 Å². The summed E-state index contributed by atoms with van der Waals surface area (Å²) < 4.78 is 0. The molecule has 1 aromatic rings. The SMILES string of the molecule is Clc1cnc(N(CC2CCCCN2)C2CC2)nc1. The summed E-state index contributed by atoms with van der Waals surface area (Å²) in [6.07, 6.45) is 9.80. The third kappa shape index (κ3) is 2.93. The van der Waals surface area contributed by atoms with Crippen LogP contribution in [0.3, 0.4) is 0 Å². The average molecular weight is 267 g/mol. The third-order valence-electron chi connectivity index (χ3n) is 3.68. The maximum absolute atomic E-state index is 5.85. The molecule has 5 heteroatoms. The molecule has 2 fully saturated rings. The van der Waals surface area contributed by atoms with Gasteiger partial charge in [0, 0.05) is 18.6 Å². The Bertz CT molecular complexity index is 384. The number of nitrogens with zero attached hydrogens (tertiary/aromatic N) is 3. The van der Waals surface area contributed by atoms with Crippen molar-refractivity contribution in [1.29, 1.82) is 0 Å². The molecule has 4 nitrogen and oxygen atoms in total. The lowest BCUT2D eigenvalue weighted by Gasteiger charge is -2.30. The largest absolute Gasteiger partial charge is 0.336 e. The van der Waals surface area contributed by atoms with Crippen molar-refractivity contribution >= 4 is 17.5 Å². The fraction of sp³-hybridized carbons (Fsp3) is 0.692. The molecule has 0 spiro atoms. The second kappa shape index (κ2) is 5.41. The van der Waals surface area contributed by atoms with Gasteiger partial charge in [0.05, 0.1) is 17.4 Å². The quantitative estimate of drug-likeness (QED) is 0.908. The molecule has 1 atom stereocenters. The van der Waals surface area contributed by atoms with Crippen molar-refractivity contribution in [2.45, 2.75) is 44.2 Å². The van der Waals surface area contributed by atoms with E-state index in [1.165, 1.54) is 32.1 Å². The van der Waals surface area contributed by atoms with Crippen molar-refractivity contribution in [2.24, 2.45) is 0 Å². The molecule has 2 aliphatic rings.